The first-order chi connectivity index (χ1) is 9.46. The highest BCUT2D eigenvalue weighted by molar-refractivity contribution is 9.10. The van der Waals surface area contributed by atoms with Crippen molar-refractivity contribution in [3.05, 3.63) is 22.2 Å². The first-order valence-electron chi connectivity index (χ1n) is 7.30. The molecule has 0 radical (unpaired) electrons. The lowest BCUT2D eigenvalue weighted by atomic mass is 9.77. The Kier molecular flexibility index (Phi) is 4.97. The van der Waals surface area contributed by atoms with Crippen LogP contribution in [0.4, 0.5) is 0 Å². The predicted octanol–water partition coefficient (Wildman–Crippen LogP) is 4.36. The molecule has 0 unspecified atom stereocenters. The third kappa shape index (κ3) is 3.29. The van der Waals surface area contributed by atoms with Gasteiger partial charge in [0.05, 0.1) is 13.2 Å². The lowest BCUT2D eigenvalue weighted by Crippen LogP contribution is -2.39. The molecule has 20 heavy (non-hydrogen) atoms. The van der Waals surface area contributed by atoms with Crippen LogP contribution in [0, 0.1) is 0 Å². The number of methoxy groups -OCH3 is 1. The van der Waals surface area contributed by atoms with Crippen LogP contribution in [0.1, 0.15) is 51.5 Å². The van der Waals surface area contributed by atoms with Gasteiger partial charge in [-0.2, -0.15) is 0 Å². The van der Waals surface area contributed by atoms with E-state index in [1.54, 1.807) is 7.11 Å². The van der Waals surface area contributed by atoms with E-state index in [4.69, 9.17) is 15.2 Å². The summed E-state index contributed by atoms with van der Waals surface area (Å²) in [4.78, 5) is 0. The highest BCUT2D eigenvalue weighted by Gasteiger charge is 2.32. The second kappa shape index (κ2) is 6.35. The van der Waals surface area contributed by atoms with Crippen LogP contribution in [0.3, 0.4) is 0 Å². The zero-order valence-corrected chi connectivity index (χ0v) is 14.1. The third-order valence-electron chi connectivity index (χ3n) is 3.90. The summed E-state index contributed by atoms with van der Waals surface area (Å²) in [6.07, 6.45) is 5.82. The monoisotopic (exact) mass is 341 g/mol. The standard InChI is InChI=1S/C16H24BrNO2/c1-11(2)20-15-9-12(13(17)10-14(15)19-3)16(18)7-5-4-6-8-16/h9-11H,4-8,18H2,1-3H3. The molecule has 0 amide bonds. The van der Waals surface area contributed by atoms with Gasteiger partial charge < -0.3 is 15.2 Å². The van der Waals surface area contributed by atoms with Gasteiger partial charge in [0, 0.05) is 10.0 Å². The van der Waals surface area contributed by atoms with Crippen molar-refractivity contribution in [2.75, 3.05) is 7.11 Å². The fraction of sp³-hybridized carbons (Fsp3) is 0.625. The normalized spacial score (nSPS) is 18.1. The predicted molar refractivity (Wildman–Crippen MR) is 85.4 cm³/mol. The van der Waals surface area contributed by atoms with Crippen LogP contribution in [0.15, 0.2) is 16.6 Å². The quantitative estimate of drug-likeness (QED) is 0.884. The van der Waals surface area contributed by atoms with E-state index in [1.165, 1.54) is 19.3 Å². The van der Waals surface area contributed by atoms with Gasteiger partial charge in [0.1, 0.15) is 0 Å². The first kappa shape index (κ1) is 15.6. The molecule has 0 aliphatic heterocycles. The van der Waals surface area contributed by atoms with Crippen LogP contribution in [0.25, 0.3) is 0 Å². The number of benzene rings is 1. The van der Waals surface area contributed by atoms with E-state index < -0.39 is 0 Å². The van der Waals surface area contributed by atoms with Crippen molar-refractivity contribution in [3.8, 4) is 11.5 Å². The minimum Gasteiger partial charge on any atom is -0.493 e. The van der Waals surface area contributed by atoms with Gasteiger partial charge in [0.2, 0.25) is 0 Å². The molecule has 1 aliphatic carbocycles. The van der Waals surface area contributed by atoms with Crippen LogP contribution < -0.4 is 15.2 Å². The van der Waals surface area contributed by atoms with E-state index in [2.05, 4.69) is 15.9 Å². The summed E-state index contributed by atoms with van der Waals surface area (Å²) in [6, 6.07) is 4.02. The topological polar surface area (TPSA) is 44.5 Å². The Morgan fingerprint density at radius 2 is 1.80 bits per heavy atom. The summed E-state index contributed by atoms with van der Waals surface area (Å²) in [5.41, 5.74) is 7.53. The highest BCUT2D eigenvalue weighted by atomic mass is 79.9. The fourth-order valence-corrected chi connectivity index (χ4v) is 3.59. The van der Waals surface area contributed by atoms with Crippen LogP contribution in [-0.2, 0) is 5.54 Å². The smallest absolute Gasteiger partial charge is 0.161 e. The Balaban J connectivity index is 2.42. The number of nitrogens with two attached hydrogens (primary N) is 1. The SMILES string of the molecule is COc1cc(Br)c(C2(N)CCCCC2)cc1OC(C)C. The molecule has 0 aromatic heterocycles. The minimum absolute atomic E-state index is 0.109. The number of halogens is 1. The Hall–Kier alpha value is -0.740. The maximum atomic E-state index is 6.65. The van der Waals surface area contributed by atoms with Gasteiger partial charge in [0.25, 0.3) is 0 Å². The number of rotatable bonds is 4. The van der Waals surface area contributed by atoms with E-state index in [1.807, 2.05) is 26.0 Å². The Labute approximate surface area is 130 Å². The summed E-state index contributed by atoms with van der Waals surface area (Å²) in [5, 5.41) is 0. The Morgan fingerprint density at radius 1 is 1.15 bits per heavy atom. The molecule has 1 saturated carbocycles. The lowest BCUT2D eigenvalue weighted by molar-refractivity contribution is 0.228. The van der Waals surface area contributed by atoms with E-state index in [-0.39, 0.29) is 11.6 Å². The maximum Gasteiger partial charge on any atom is 0.161 e. The molecule has 0 atom stereocenters. The first-order valence-corrected chi connectivity index (χ1v) is 8.09. The largest absolute Gasteiger partial charge is 0.493 e. The summed E-state index contributed by atoms with van der Waals surface area (Å²) < 4.78 is 12.3. The van der Waals surface area contributed by atoms with E-state index in [0.717, 1.165) is 34.4 Å². The summed E-state index contributed by atoms with van der Waals surface area (Å²) in [7, 11) is 1.66. The molecule has 0 spiro atoms. The maximum absolute atomic E-state index is 6.65. The zero-order chi connectivity index (χ0) is 14.8. The Bertz CT molecular complexity index is 468. The van der Waals surface area contributed by atoms with Gasteiger partial charge in [-0.1, -0.05) is 35.2 Å². The molecule has 112 valence electrons. The zero-order valence-electron chi connectivity index (χ0n) is 12.5. The van der Waals surface area contributed by atoms with Crippen molar-refractivity contribution in [1.82, 2.24) is 0 Å². The molecular weight excluding hydrogens is 318 g/mol. The minimum atomic E-state index is -0.252. The third-order valence-corrected chi connectivity index (χ3v) is 4.55. The molecule has 1 aromatic carbocycles. The van der Waals surface area contributed by atoms with Gasteiger partial charge in [0.15, 0.2) is 11.5 Å². The highest BCUT2D eigenvalue weighted by Crippen LogP contribution is 2.43. The van der Waals surface area contributed by atoms with Gasteiger partial charge in [-0.3, -0.25) is 0 Å². The number of hydrogen-bond acceptors (Lipinski definition) is 3. The summed E-state index contributed by atoms with van der Waals surface area (Å²) in [5.74, 6) is 1.52. The van der Waals surface area contributed by atoms with Gasteiger partial charge >= 0.3 is 0 Å². The van der Waals surface area contributed by atoms with Crippen LogP contribution >= 0.6 is 15.9 Å². The molecule has 1 fully saturated rings. The molecule has 3 nitrogen and oxygen atoms in total. The van der Waals surface area contributed by atoms with Crippen molar-refractivity contribution in [3.63, 3.8) is 0 Å². The molecule has 2 rings (SSSR count). The second-order valence-electron chi connectivity index (χ2n) is 5.87. The van der Waals surface area contributed by atoms with Gasteiger partial charge in [-0.15, -0.1) is 0 Å². The van der Waals surface area contributed by atoms with Gasteiger partial charge in [-0.05, 0) is 44.4 Å². The van der Waals surface area contributed by atoms with Crippen molar-refractivity contribution in [1.29, 1.82) is 0 Å². The molecule has 2 N–H and O–H groups in total. The second-order valence-corrected chi connectivity index (χ2v) is 6.72. The number of ether oxygens (including phenoxy) is 2. The summed E-state index contributed by atoms with van der Waals surface area (Å²) in [6.45, 7) is 4.03. The average molecular weight is 342 g/mol. The van der Waals surface area contributed by atoms with Crippen molar-refractivity contribution >= 4 is 15.9 Å². The molecule has 0 bridgehead atoms. The fourth-order valence-electron chi connectivity index (χ4n) is 2.87. The van der Waals surface area contributed by atoms with Crippen molar-refractivity contribution in [2.45, 2.75) is 57.6 Å². The van der Waals surface area contributed by atoms with Crippen molar-refractivity contribution in [2.24, 2.45) is 5.73 Å². The summed E-state index contributed by atoms with van der Waals surface area (Å²) >= 11 is 3.64. The van der Waals surface area contributed by atoms with Crippen LogP contribution in [0.5, 0.6) is 11.5 Å². The lowest BCUT2D eigenvalue weighted by Gasteiger charge is -2.35. The molecule has 0 saturated heterocycles. The van der Waals surface area contributed by atoms with Gasteiger partial charge in [-0.25, -0.2) is 0 Å². The van der Waals surface area contributed by atoms with E-state index >= 15 is 0 Å². The van der Waals surface area contributed by atoms with E-state index in [9.17, 15) is 0 Å². The van der Waals surface area contributed by atoms with E-state index in [0.29, 0.717) is 0 Å². The molecule has 1 aliphatic rings. The molecule has 0 heterocycles. The molecule has 1 aromatic rings. The molecule has 4 heteroatoms. The molecular formula is C16H24BrNO2. The van der Waals surface area contributed by atoms with Crippen LogP contribution in [0.2, 0.25) is 0 Å². The Morgan fingerprint density at radius 3 is 2.35 bits per heavy atom. The number of hydrogen-bond donors (Lipinski definition) is 1. The van der Waals surface area contributed by atoms with Crippen LogP contribution in [-0.4, -0.2) is 13.2 Å². The average Bonchev–Trinajstić information content (AvgIpc) is 2.40. The van der Waals surface area contributed by atoms with Crippen molar-refractivity contribution < 1.29 is 9.47 Å².